The van der Waals surface area contributed by atoms with Gasteiger partial charge in [-0.1, -0.05) is 27.2 Å². The van der Waals surface area contributed by atoms with E-state index in [1.54, 1.807) is 0 Å². The van der Waals surface area contributed by atoms with Gasteiger partial charge in [-0.15, -0.1) is 0 Å². The average Bonchev–Trinajstić information content (AvgIpc) is 2.73. The Morgan fingerprint density at radius 1 is 0.933 bits per heavy atom. The van der Waals surface area contributed by atoms with E-state index < -0.39 is 0 Å². The fourth-order valence-corrected chi connectivity index (χ4v) is 2.71. The Morgan fingerprint density at radius 2 is 1.40 bits per heavy atom. The zero-order chi connectivity index (χ0) is 11.1. The Morgan fingerprint density at radius 3 is 1.87 bits per heavy atom. The Balaban J connectivity index is 0.000000337. The summed E-state index contributed by atoms with van der Waals surface area (Å²) in [6, 6.07) is 0.962. The molecule has 1 saturated heterocycles. The van der Waals surface area contributed by atoms with Crippen molar-refractivity contribution in [2.24, 2.45) is 5.92 Å². The summed E-state index contributed by atoms with van der Waals surface area (Å²) in [6.45, 7) is 9.43. The smallest absolute Gasteiger partial charge is 0.00954 e. The third-order valence-electron chi connectivity index (χ3n) is 3.64. The molecule has 0 amide bonds. The molecular weight excluding hydrogens is 182 g/mol. The quantitative estimate of drug-likeness (QED) is 0.632. The SMILES string of the molecule is CC1CCC(N2CCCC2)CC1.CCC. The third-order valence-corrected chi connectivity index (χ3v) is 3.64. The molecule has 0 radical (unpaired) electrons. The van der Waals surface area contributed by atoms with Gasteiger partial charge in [0, 0.05) is 6.04 Å². The summed E-state index contributed by atoms with van der Waals surface area (Å²) in [7, 11) is 0. The van der Waals surface area contributed by atoms with E-state index in [1.165, 1.54) is 58.0 Å². The second-order valence-corrected chi connectivity index (χ2v) is 5.36. The minimum Gasteiger partial charge on any atom is -0.300 e. The summed E-state index contributed by atoms with van der Waals surface area (Å²) in [4.78, 5) is 2.73. The van der Waals surface area contributed by atoms with Crippen molar-refractivity contribution in [2.75, 3.05) is 13.1 Å². The van der Waals surface area contributed by atoms with E-state index in [2.05, 4.69) is 25.7 Å². The topological polar surface area (TPSA) is 3.24 Å². The van der Waals surface area contributed by atoms with Gasteiger partial charge in [-0.2, -0.15) is 0 Å². The average molecular weight is 211 g/mol. The fraction of sp³-hybridized carbons (Fsp3) is 1.00. The van der Waals surface area contributed by atoms with Gasteiger partial charge in [-0.25, -0.2) is 0 Å². The van der Waals surface area contributed by atoms with Crippen LogP contribution < -0.4 is 0 Å². The Hall–Kier alpha value is -0.0400. The molecule has 1 aliphatic heterocycles. The molecule has 0 atom stereocenters. The van der Waals surface area contributed by atoms with Crippen molar-refractivity contribution in [1.82, 2.24) is 4.90 Å². The number of hydrogen-bond acceptors (Lipinski definition) is 1. The Labute approximate surface area is 96.2 Å². The van der Waals surface area contributed by atoms with Crippen LogP contribution in [0.3, 0.4) is 0 Å². The molecule has 90 valence electrons. The molecule has 0 spiro atoms. The molecule has 15 heavy (non-hydrogen) atoms. The molecule has 1 heterocycles. The van der Waals surface area contributed by atoms with Crippen molar-refractivity contribution in [2.45, 2.75) is 71.8 Å². The number of nitrogens with zero attached hydrogens (tertiary/aromatic N) is 1. The second-order valence-electron chi connectivity index (χ2n) is 5.36. The van der Waals surface area contributed by atoms with Crippen molar-refractivity contribution in [3.8, 4) is 0 Å². The van der Waals surface area contributed by atoms with Crippen LogP contribution in [0.5, 0.6) is 0 Å². The fourth-order valence-electron chi connectivity index (χ4n) is 2.71. The van der Waals surface area contributed by atoms with E-state index in [-0.39, 0.29) is 0 Å². The van der Waals surface area contributed by atoms with Crippen LogP contribution in [0.4, 0.5) is 0 Å². The van der Waals surface area contributed by atoms with E-state index >= 15 is 0 Å². The molecule has 1 saturated carbocycles. The van der Waals surface area contributed by atoms with E-state index in [0.29, 0.717) is 0 Å². The van der Waals surface area contributed by atoms with Gasteiger partial charge in [0.2, 0.25) is 0 Å². The van der Waals surface area contributed by atoms with Crippen LogP contribution in [-0.4, -0.2) is 24.0 Å². The molecule has 2 rings (SSSR count). The predicted molar refractivity (Wildman–Crippen MR) is 68.2 cm³/mol. The Kier molecular flexibility index (Phi) is 6.31. The summed E-state index contributed by atoms with van der Waals surface area (Å²) in [6.07, 6.45) is 10.0. The molecule has 0 aromatic rings. The monoisotopic (exact) mass is 211 g/mol. The zero-order valence-electron chi connectivity index (χ0n) is 11.0. The first-order valence-corrected chi connectivity index (χ1v) is 7.02. The summed E-state index contributed by atoms with van der Waals surface area (Å²) < 4.78 is 0. The molecule has 0 aromatic carbocycles. The van der Waals surface area contributed by atoms with Gasteiger partial charge in [0.1, 0.15) is 0 Å². The van der Waals surface area contributed by atoms with Gasteiger partial charge in [-0.3, -0.25) is 0 Å². The van der Waals surface area contributed by atoms with Crippen LogP contribution in [0.15, 0.2) is 0 Å². The third kappa shape index (κ3) is 4.55. The predicted octanol–water partition coefficient (Wildman–Crippen LogP) is 4.08. The first-order valence-electron chi connectivity index (χ1n) is 7.02. The molecule has 1 aliphatic carbocycles. The minimum atomic E-state index is 0.962. The number of rotatable bonds is 1. The molecule has 2 aliphatic rings. The molecule has 0 N–H and O–H groups in total. The number of likely N-dealkylation sites (tertiary alicyclic amines) is 1. The molecule has 0 bridgehead atoms. The van der Waals surface area contributed by atoms with E-state index in [4.69, 9.17) is 0 Å². The number of hydrogen-bond donors (Lipinski definition) is 0. The van der Waals surface area contributed by atoms with Gasteiger partial charge in [0.15, 0.2) is 0 Å². The highest BCUT2D eigenvalue weighted by atomic mass is 15.2. The highest BCUT2D eigenvalue weighted by Crippen LogP contribution is 2.28. The summed E-state index contributed by atoms with van der Waals surface area (Å²) in [5.41, 5.74) is 0. The summed E-state index contributed by atoms with van der Waals surface area (Å²) >= 11 is 0. The van der Waals surface area contributed by atoms with Crippen molar-refractivity contribution in [1.29, 1.82) is 0 Å². The lowest BCUT2D eigenvalue weighted by molar-refractivity contribution is 0.169. The maximum Gasteiger partial charge on any atom is 0.00954 e. The lowest BCUT2D eigenvalue weighted by Crippen LogP contribution is -2.35. The molecule has 2 fully saturated rings. The van der Waals surface area contributed by atoms with Gasteiger partial charge in [0.05, 0.1) is 0 Å². The van der Waals surface area contributed by atoms with Crippen LogP contribution in [-0.2, 0) is 0 Å². The van der Waals surface area contributed by atoms with Gasteiger partial charge < -0.3 is 4.90 Å². The van der Waals surface area contributed by atoms with Gasteiger partial charge in [-0.05, 0) is 57.5 Å². The van der Waals surface area contributed by atoms with Crippen LogP contribution in [0.25, 0.3) is 0 Å². The van der Waals surface area contributed by atoms with Gasteiger partial charge >= 0.3 is 0 Å². The van der Waals surface area contributed by atoms with Crippen LogP contribution in [0.2, 0.25) is 0 Å². The standard InChI is InChI=1S/C11H21N.C3H8/c1-10-4-6-11(7-5-10)12-8-2-3-9-12;1-3-2/h10-11H,2-9H2,1H3;3H2,1-2H3. The van der Waals surface area contributed by atoms with Crippen molar-refractivity contribution in [3.63, 3.8) is 0 Å². The van der Waals surface area contributed by atoms with Crippen LogP contribution in [0.1, 0.15) is 65.7 Å². The maximum absolute atomic E-state index is 2.73. The van der Waals surface area contributed by atoms with Crippen molar-refractivity contribution < 1.29 is 0 Å². The minimum absolute atomic E-state index is 0.962. The van der Waals surface area contributed by atoms with Crippen LogP contribution in [0, 0.1) is 5.92 Å². The van der Waals surface area contributed by atoms with E-state index in [9.17, 15) is 0 Å². The summed E-state index contributed by atoms with van der Waals surface area (Å²) in [5, 5.41) is 0. The van der Waals surface area contributed by atoms with Gasteiger partial charge in [0.25, 0.3) is 0 Å². The molecular formula is C14H29N. The highest BCUT2D eigenvalue weighted by Gasteiger charge is 2.25. The first kappa shape index (κ1) is 13.0. The second kappa shape index (κ2) is 7.27. The zero-order valence-corrected chi connectivity index (χ0v) is 11.0. The van der Waals surface area contributed by atoms with E-state index in [1.807, 2.05) is 0 Å². The lowest BCUT2D eigenvalue weighted by atomic mass is 9.87. The first-order chi connectivity index (χ1) is 7.27. The molecule has 1 heteroatoms. The van der Waals surface area contributed by atoms with Crippen molar-refractivity contribution >= 4 is 0 Å². The molecule has 0 unspecified atom stereocenters. The normalized spacial score (nSPS) is 32.2. The van der Waals surface area contributed by atoms with Crippen LogP contribution >= 0.6 is 0 Å². The highest BCUT2D eigenvalue weighted by molar-refractivity contribution is 4.80. The van der Waals surface area contributed by atoms with E-state index in [0.717, 1.165) is 12.0 Å². The molecule has 1 nitrogen and oxygen atoms in total. The maximum atomic E-state index is 2.73. The van der Waals surface area contributed by atoms with Crippen molar-refractivity contribution in [3.05, 3.63) is 0 Å². The largest absolute Gasteiger partial charge is 0.300 e. The lowest BCUT2D eigenvalue weighted by Gasteiger charge is -2.33. The summed E-state index contributed by atoms with van der Waals surface area (Å²) in [5.74, 6) is 1.00. The molecule has 0 aromatic heterocycles. The Bertz CT molecular complexity index is 141.